The van der Waals surface area contributed by atoms with E-state index in [-0.39, 0.29) is 11.9 Å². The molecule has 2 aromatic heterocycles. The molecule has 0 N–H and O–H groups in total. The summed E-state index contributed by atoms with van der Waals surface area (Å²) in [5.74, 6) is 0.367. The number of aromatic nitrogens is 4. The average molecular weight is 255 g/mol. The third-order valence-corrected chi connectivity index (χ3v) is 1.83. The van der Waals surface area contributed by atoms with Crippen LogP contribution in [0.4, 0.5) is 11.9 Å². The molecule has 2 rings (SSSR count). The van der Waals surface area contributed by atoms with Crippen molar-refractivity contribution in [2.45, 2.75) is 0 Å². The first-order valence-corrected chi connectivity index (χ1v) is 4.86. The summed E-state index contributed by atoms with van der Waals surface area (Å²) in [4.78, 5) is 15.3. The standard InChI is InChI=1S/C8H4Cl2N6/c9-5-1-11-7(12-2-5)15-16-8-13-3-6(10)4-14-8/h1-4H/b16-15+. The summed E-state index contributed by atoms with van der Waals surface area (Å²) in [5.41, 5.74) is 0. The molecular weight excluding hydrogens is 251 g/mol. The van der Waals surface area contributed by atoms with Gasteiger partial charge in [-0.05, 0) is 0 Å². The largest absolute Gasteiger partial charge is 0.269 e. The number of hydrogen-bond donors (Lipinski definition) is 0. The van der Waals surface area contributed by atoms with Crippen molar-refractivity contribution in [3.05, 3.63) is 34.8 Å². The number of halogens is 2. The summed E-state index contributed by atoms with van der Waals surface area (Å²) in [6.07, 6.45) is 5.69. The van der Waals surface area contributed by atoms with Crippen LogP contribution in [0.25, 0.3) is 0 Å². The smallest absolute Gasteiger partial charge is 0.217 e. The molecule has 0 aliphatic rings. The first-order valence-electron chi connectivity index (χ1n) is 4.11. The van der Waals surface area contributed by atoms with Crippen LogP contribution in [0.1, 0.15) is 0 Å². The van der Waals surface area contributed by atoms with Gasteiger partial charge >= 0.3 is 0 Å². The Balaban J connectivity index is 2.15. The molecule has 80 valence electrons. The van der Waals surface area contributed by atoms with Gasteiger partial charge in [0.15, 0.2) is 0 Å². The fourth-order valence-corrected chi connectivity index (χ4v) is 0.999. The van der Waals surface area contributed by atoms with Gasteiger partial charge in [-0.1, -0.05) is 23.2 Å². The first-order chi connectivity index (χ1) is 7.74. The third-order valence-electron chi connectivity index (χ3n) is 1.44. The van der Waals surface area contributed by atoms with Gasteiger partial charge in [-0.15, -0.1) is 10.2 Å². The van der Waals surface area contributed by atoms with Crippen LogP contribution in [0.5, 0.6) is 0 Å². The Morgan fingerprint density at radius 2 is 1.00 bits per heavy atom. The number of hydrogen-bond acceptors (Lipinski definition) is 6. The van der Waals surface area contributed by atoms with Gasteiger partial charge in [-0.3, -0.25) is 0 Å². The molecule has 6 nitrogen and oxygen atoms in total. The van der Waals surface area contributed by atoms with Crippen LogP contribution in [0.15, 0.2) is 35.0 Å². The molecule has 0 saturated carbocycles. The van der Waals surface area contributed by atoms with Crippen molar-refractivity contribution in [2.75, 3.05) is 0 Å². The van der Waals surface area contributed by atoms with Crippen LogP contribution in [-0.4, -0.2) is 19.9 Å². The summed E-state index contributed by atoms with van der Waals surface area (Å²) in [7, 11) is 0. The van der Waals surface area contributed by atoms with E-state index in [4.69, 9.17) is 23.2 Å². The normalized spacial score (nSPS) is 10.9. The Morgan fingerprint density at radius 1 is 0.688 bits per heavy atom. The van der Waals surface area contributed by atoms with Gasteiger partial charge in [0.2, 0.25) is 0 Å². The van der Waals surface area contributed by atoms with Crippen molar-refractivity contribution < 1.29 is 0 Å². The highest BCUT2D eigenvalue weighted by Crippen LogP contribution is 2.12. The molecule has 0 aliphatic carbocycles. The lowest BCUT2D eigenvalue weighted by atomic mass is 10.7. The van der Waals surface area contributed by atoms with Crippen molar-refractivity contribution in [1.29, 1.82) is 0 Å². The maximum absolute atomic E-state index is 5.61. The summed E-state index contributed by atoms with van der Waals surface area (Å²) < 4.78 is 0. The Labute approximate surface area is 100 Å². The molecule has 0 unspecified atom stereocenters. The van der Waals surface area contributed by atoms with Gasteiger partial charge in [-0.25, -0.2) is 19.9 Å². The molecule has 0 bridgehead atoms. The number of rotatable bonds is 2. The maximum atomic E-state index is 5.61. The molecule has 0 aromatic carbocycles. The van der Waals surface area contributed by atoms with E-state index >= 15 is 0 Å². The van der Waals surface area contributed by atoms with Gasteiger partial charge in [0.1, 0.15) is 0 Å². The van der Waals surface area contributed by atoms with Crippen LogP contribution in [0, 0.1) is 0 Å². The van der Waals surface area contributed by atoms with Crippen molar-refractivity contribution in [1.82, 2.24) is 19.9 Å². The fraction of sp³-hybridized carbons (Fsp3) is 0. The van der Waals surface area contributed by atoms with Gasteiger partial charge in [0, 0.05) is 0 Å². The number of azo groups is 1. The Morgan fingerprint density at radius 3 is 1.31 bits per heavy atom. The van der Waals surface area contributed by atoms with Gasteiger partial charge in [-0.2, -0.15) is 0 Å². The van der Waals surface area contributed by atoms with Crippen LogP contribution in [0.3, 0.4) is 0 Å². The second kappa shape index (κ2) is 4.91. The highest BCUT2D eigenvalue weighted by molar-refractivity contribution is 6.30. The molecule has 0 saturated heterocycles. The van der Waals surface area contributed by atoms with Crippen molar-refractivity contribution in [3.63, 3.8) is 0 Å². The molecule has 0 amide bonds. The molecule has 0 aliphatic heterocycles. The maximum Gasteiger partial charge on any atom is 0.269 e. The second-order valence-electron chi connectivity index (χ2n) is 2.60. The van der Waals surface area contributed by atoms with E-state index in [1.54, 1.807) is 0 Å². The van der Waals surface area contributed by atoms with E-state index in [2.05, 4.69) is 30.2 Å². The predicted octanol–water partition coefficient (Wildman–Crippen LogP) is 2.99. The topological polar surface area (TPSA) is 76.3 Å². The Kier molecular flexibility index (Phi) is 3.33. The molecule has 0 radical (unpaired) electrons. The average Bonchev–Trinajstić information content (AvgIpc) is 2.30. The Hall–Kier alpha value is -1.66. The lowest BCUT2D eigenvalue weighted by Crippen LogP contribution is -1.80. The minimum Gasteiger partial charge on any atom is -0.217 e. The van der Waals surface area contributed by atoms with E-state index in [0.29, 0.717) is 10.0 Å². The molecule has 8 heteroatoms. The van der Waals surface area contributed by atoms with E-state index in [1.807, 2.05) is 0 Å². The zero-order valence-electron chi connectivity index (χ0n) is 7.75. The lowest BCUT2D eigenvalue weighted by Gasteiger charge is -1.91. The van der Waals surface area contributed by atoms with Crippen LogP contribution >= 0.6 is 23.2 Å². The number of nitrogens with zero attached hydrogens (tertiary/aromatic N) is 6. The summed E-state index contributed by atoms with van der Waals surface area (Å²) >= 11 is 11.2. The first kappa shape index (κ1) is 10.8. The van der Waals surface area contributed by atoms with E-state index < -0.39 is 0 Å². The Bertz CT molecular complexity index is 447. The molecule has 2 heterocycles. The molecule has 0 spiro atoms. The summed E-state index contributed by atoms with van der Waals surface area (Å²) in [5, 5.41) is 8.31. The molecule has 16 heavy (non-hydrogen) atoms. The summed E-state index contributed by atoms with van der Waals surface area (Å²) in [6, 6.07) is 0. The predicted molar refractivity (Wildman–Crippen MR) is 58.3 cm³/mol. The third kappa shape index (κ3) is 2.91. The van der Waals surface area contributed by atoms with E-state index in [9.17, 15) is 0 Å². The minimum absolute atomic E-state index is 0.183. The molecule has 0 fully saturated rings. The highest BCUT2D eigenvalue weighted by atomic mass is 35.5. The van der Waals surface area contributed by atoms with Gasteiger partial charge in [0.25, 0.3) is 11.9 Å². The van der Waals surface area contributed by atoms with Crippen LogP contribution < -0.4 is 0 Å². The zero-order valence-corrected chi connectivity index (χ0v) is 9.26. The molecule has 2 aromatic rings. The molecule has 0 atom stereocenters. The second-order valence-corrected chi connectivity index (χ2v) is 3.48. The lowest BCUT2D eigenvalue weighted by molar-refractivity contribution is 1.01. The van der Waals surface area contributed by atoms with Crippen LogP contribution in [-0.2, 0) is 0 Å². The monoisotopic (exact) mass is 254 g/mol. The van der Waals surface area contributed by atoms with Gasteiger partial charge < -0.3 is 0 Å². The van der Waals surface area contributed by atoms with Gasteiger partial charge in [0.05, 0.1) is 34.8 Å². The zero-order chi connectivity index (χ0) is 11.4. The SMILES string of the molecule is Clc1cnc(/N=N/c2ncc(Cl)cn2)nc1. The van der Waals surface area contributed by atoms with E-state index in [1.165, 1.54) is 24.8 Å². The van der Waals surface area contributed by atoms with E-state index in [0.717, 1.165) is 0 Å². The fourth-order valence-electron chi connectivity index (χ4n) is 0.804. The molecular formula is C8H4Cl2N6. The quantitative estimate of drug-likeness (QED) is 0.773. The van der Waals surface area contributed by atoms with Crippen molar-refractivity contribution in [2.24, 2.45) is 10.2 Å². The van der Waals surface area contributed by atoms with Crippen molar-refractivity contribution >= 4 is 35.1 Å². The highest BCUT2D eigenvalue weighted by Gasteiger charge is 1.95. The van der Waals surface area contributed by atoms with Crippen molar-refractivity contribution in [3.8, 4) is 0 Å². The summed E-state index contributed by atoms with van der Waals surface area (Å²) in [6.45, 7) is 0. The minimum atomic E-state index is 0.183. The van der Waals surface area contributed by atoms with Crippen LogP contribution in [0.2, 0.25) is 10.0 Å².